The zero-order chi connectivity index (χ0) is 23.1. The molecule has 0 bridgehead atoms. The Morgan fingerprint density at radius 3 is 2.56 bits per heavy atom. The number of halogens is 3. The van der Waals surface area contributed by atoms with E-state index in [2.05, 4.69) is 15.0 Å². The predicted octanol–water partition coefficient (Wildman–Crippen LogP) is 4.06. The van der Waals surface area contributed by atoms with Crippen molar-refractivity contribution in [3.8, 4) is 5.75 Å². The van der Waals surface area contributed by atoms with Gasteiger partial charge in [-0.2, -0.15) is 0 Å². The molecular formula is C21H20F3N3O4S. The topological polar surface area (TPSA) is 82.4 Å². The summed E-state index contributed by atoms with van der Waals surface area (Å²) >= 11 is 1.10. The van der Waals surface area contributed by atoms with Crippen LogP contribution in [0.4, 0.5) is 18.9 Å². The van der Waals surface area contributed by atoms with E-state index >= 15 is 0 Å². The molecular weight excluding hydrogens is 447 g/mol. The highest BCUT2D eigenvalue weighted by Crippen LogP contribution is 2.24. The van der Waals surface area contributed by atoms with Crippen LogP contribution < -0.4 is 15.6 Å². The quantitative estimate of drug-likeness (QED) is 0.290. The van der Waals surface area contributed by atoms with E-state index in [0.29, 0.717) is 41.3 Å². The summed E-state index contributed by atoms with van der Waals surface area (Å²) in [5.74, 6) is -0.828. The molecule has 11 heteroatoms. The van der Waals surface area contributed by atoms with Gasteiger partial charge in [0.1, 0.15) is 5.75 Å². The Kier molecular flexibility index (Phi) is 7.75. The van der Waals surface area contributed by atoms with Gasteiger partial charge in [0.05, 0.1) is 16.7 Å². The Labute approximate surface area is 185 Å². The summed E-state index contributed by atoms with van der Waals surface area (Å²) in [5.41, 5.74) is 0.646. The van der Waals surface area contributed by atoms with Crippen LogP contribution in [-0.2, 0) is 16.1 Å². The average Bonchev–Trinajstić information content (AvgIpc) is 2.74. The minimum atomic E-state index is -4.78. The van der Waals surface area contributed by atoms with Crippen molar-refractivity contribution in [2.24, 2.45) is 0 Å². The fourth-order valence-corrected chi connectivity index (χ4v) is 3.71. The molecule has 2 aromatic carbocycles. The number of hydrogen-bond acceptors (Lipinski definition) is 6. The van der Waals surface area contributed by atoms with Gasteiger partial charge >= 0.3 is 6.36 Å². The molecule has 7 nitrogen and oxygen atoms in total. The van der Waals surface area contributed by atoms with Crippen molar-refractivity contribution in [3.63, 3.8) is 0 Å². The maximum absolute atomic E-state index is 12.9. The van der Waals surface area contributed by atoms with E-state index in [1.165, 1.54) is 16.7 Å². The van der Waals surface area contributed by atoms with E-state index in [1.807, 2.05) is 0 Å². The maximum Gasteiger partial charge on any atom is 0.573 e. The highest BCUT2D eigenvalue weighted by molar-refractivity contribution is 7.99. The molecule has 0 aliphatic heterocycles. The molecule has 1 heterocycles. The molecule has 1 amide bonds. The molecule has 0 fully saturated rings. The minimum Gasteiger partial charge on any atom is -0.406 e. The lowest BCUT2D eigenvalue weighted by atomic mass is 10.2. The van der Waals surface area contributed by atoms with E-state index in [9.17, 15) is 22.8 Å². The third kappa shape index (κ3) is 6.47. The number of aromatic nitrogens is 2. The van der Waals surface area contributed by atoms with Gasteiger partial charge in [-0.25, -0.2) is 4.98 Å². The number of amides is 1. The van der Waals surface area contributed by atoms with Crippen molar-refractivity contribution >= 4 is 34.3 Å². The van der Waals surface area contributed by atoms with Crippen LogP contribution in [0.3, 0.4) is 0 Å². The Hall–Kier alpha value is -3.05. The largest absolute Gasteiger partial charge is 0.573 e. The number of alkyl halides is 3. The number of nitrogens with one attached hydrogen (secondary N) is 1. The van der Waals surface area contributed by atoms with E-state index in [4.69, 9.17) is 4.74 Å². The summed E-state index contributed by atoms with van der Waals surface area (Å²) in [4.78, 5) is 29.7. The Balaban J connectivity index is 1.70. The second-order valence-electron chi connectivity index (χ2n) is 6.62. The molecule has 0 saturated heterocycles. The summed E-state index contributed by atoms with van der Waals surface area (Å²) in [6.07, 6.45) is -4.18. The summed E-state index contributed by atoms with van der Waals surface area (Å²) in [6.45, 7) is 0.854. The van der Waals surface area contributed by atoms with Crippen LogP contribution in [0.25, 0.3) is 10.9 Å². The number of hydrogen-bond donors (Lipinski definition) is 1. The average molecular weight is 467 g/mol. The number of carbonyl (C=O) groups is 1. The molecule has 0 saturated carbocycles. The minimum absolute atomic E-state index is 0.0458. The normalized spacial score (nSPS) is 11.5. The number of anilines is 1. The molecule has 32 heavy (non-hydrogen) atoms. The van der Waals surface area contributed by atoms with Crippen LogP contribution >= 0.6 is 11.8 Å². The van der Waals surface area contributed by atoms with Crippen LogP contribution in [0.1, 0.15) is 6.42 Å². The van der Waals surface area contributed by atoms with Crippen LogP contribution in [0.5, 0.6) is 5.75 Å². The van der Waals surface area contributed by atoms with Crippen LogP contribution in [0.2, 0.25) is 0 Å². The number of nitrogens with zero attached hydrogens (tertiary/aromatic N) is 2. The molecule has 0 aliphatic carbocycles. The van der Waals surface area contributed by atoms with Crippen molar-refractivity contribution in [1.82, 2.24) is 9.55 Å². The van der Waals surface area contributed by atoms with Crippen LogP contribution in [0.15, 0.2) is 58.5 Å². The summed E-state index contributed by atoms with van der Waals surface area (Å²) < 4.78 is 47.1. The number of methoxy groups -OCH3 is 1. The molecule has 170 valence electrons. The van der Waals surface area contributed by atoms with Gasteiger partial charge in [-0.05, 0) is 42.8 Å². The molecule has 0 aliphatic rings. The lowest BCUT2D eigenvalue weighted by Gasteiger charge is -2.13. The fourth-order valence-electron chi connectivity index (χ4n) is 2.89. The summed E-state index contributed by atoms with van der Waals surface area (Å²) in [6, 6.07) is 11.8. The van der Waals surface area contributed by atoms with Gasteiger partial charge in [0, 0.05) is 25.9 Å². The first-order valence-electron chi connectivity index (χ1n) is 9.54. The first kappa shape index (κ1) is 23.6. The van der Waals surface area contributed by atoms with Crippen LogP contribution in [-0.4, -0.2) is 41.3 Å². The number of carbonyl (C=O) groups excluding carboxylic acids is 1. The Morgan fingerprint density at radius 1 is 1.16 bits per heavy atom. The maximum atomic E-state index is 12.9. The first-order chi connectivity index (χ1) is 15.3. The first-order valence-corrected chi connectivity index (χ1v) is 10.5. The zero-order valence-corrected chi connectivity index (χ0v) is 17.8. The SMILES string of the molecule is COCCCn1c(SCC(=O)Nc2ccc(OC(F)(F)F)cc2)nc2ccccc2c1=O. The second-order valence-corrected chi connectivity index (χ2v) is 7.57. The summed E-state index contributed by atoms with van der Waals surface area (Å²) in [5, 5.41) is 3.48. The van der Waals surface area contributed by atoms with Crippen molar-refractivity contribution in [2.45, 2.75) is 24.5 Å². The molecule has 3 rings (SSSR count). The molecule has 1 N–H and O–H groups in total. The monoisotopic (exact) mass is 467 g/mol. The molecule has 1 aromatic heterocycles. The van der Waals surface area contributed by atoms with E-state index < -0.39 is 12.3 Å². The Bertz CT molecular complexity index is 1130. The number of ether oxygens (including phenoxy) is 2. The molecule has 0 unspecified atom stereocenters. The highest BCUT2D eigenvalue weighted by Gasteiger charge is 2.31. The van der Waals surface area contributed by atoms with E-state index in [-0.39, 0.29) is 17.1 Å². The van der Waals surface area contributed by atoms with Gasteiger partial charge in [-0.3, -0.25) is 14.2 Å². The molecule has 0 atom stereocenters. The molecule has 0 spiro atoms. The van der Waals surface area contributed by atoms with Gasteiger partial charge in [-0.1, -0.05) is 23.9 Å². The standard InChI is InChI=1S/C21H20F3N3O4S/c1-30-12-4-11-27-19(29)16-5-2-3-6-17(16)26-20(27)32-13-18(28)25-14-7-9-15(10-8-14)31-21(22,23)24/h2-3,5-10H,4,11-13H2,1H3,(H,25,28). The van der Waals surface area contributed by atoms with Gasteiger partial charge in [0.15, 0.2) is 5.16 Å². The predicted molar refractivity (Wildman–Crippen MR) is 115 cm³/mol. The van der Waals surface area contributed by atoms with Crippen molar-refractivity contribution in [1.29, 1.82) is 0 Å². The Morgan fingerprint density at radius 2 is 1.88 bits per heavy atom. The van der Waals surface area contributed by atoms with Gasteiger partial charge in [0.2, 0.25) is 5.91 Å². The van der Waals surface area contributed by atoms with Crippen molar-refractivity contribution in [3.05, 3.63) is 58.9 Å². The lowest BCUT2D eigenvalue weighted by molar-refractivity contribution is -0.274. The number of para-hydroxylation sites is 1. The third-order valence-corrected chi connectivity index (χ3v) is 5.24. The van der Waals surface area contributed by atoms with Gasteiger partial charge < -0.3 is 14.8 Å². The van der Waals surface area contributed by atoms with Crippen molar-refractivity contribution in [2.75, 3.05) is 24.8 Å². The van der Waals surface area contributed by atoms with Gasteiger partial charge in [0.25, 0.3) is 5.56 Å². The number of fused-ring (bicyclic) bond motifs is 1. The van der Waals surface area contributed by atoms with Gasteiger partial charge in [-0.15, -0.1) is 13.2 Å². The lowest BCUT2D eigenvalue weighted by Crippen LogP contribution is -2.25. The fraction of sp³-hybridized carbons (Fsp3) is 0.286. The van der Waals surface area contributed by atoms with Crippen LogP contribution in [0, 0.1) is 0 Å². The molecule has 0 radical (unpaired) electrons. The molecule has 3 aromatic rings. The summed E-state index contributed by atoms with van der Waals surface area (Å²) in [7, 11) is 1.57. The third-order valence-electron chi connectivity index (χ3n) is 4.26. The van der Waals surface area contributed by atoms with Crippen molar-refractivity contribution < 1.29 is 27.4 Å². The zero-order valence-electron chi connectivity index (χ0n) is 17.0. The smallest absolute Gasteiger partial charge is 0.406 e. The highest BCUT2D eigenvalue weighted by atomic mass is 32.2. The second kappa shape index (κ2) is 10.5. The number of thioether (sulfide) groups is 1. The number of rotatable bonds is 9. The number of benzene rings is 2. The van der Waals surface area contributed by atoms with E-state index in [1.54, 1.807) is 31.4 Å². The van der Waals surface area contributed by atoms with E-state index in [0.717, 1.165) is 23.9 Å².